The molecule has 2 aromatic rings. The summed E-state index contributed by atoms with van der Waals surface area (Å²) in [5.41, 5.74) is 0.0912. The minimum absolute atomic E-state index is 0. The van der Waals surface area contributed by atoms with Crippen LogP contribution in [0.15, 0.2) is 28.7 Å². The third-order valence-corrected chi connectivity index (χ3v) is 4.15. The second-order valence-corrected chi connectivity index (χ2v) is 6.15. The fraction of sp³-hybridized carbons (Fsp3) is 0.438. The molecule has 0 radical (unpaired) electrons. The Labute approximate surface area is 176 Å². The topological polar surface area (TPSA) is 71.4 Å². The summed E-state index contributed by atoms with van der Waals surface area (Å²) >= 11 is 1.00. The molecule has 0 saturated heterocycles. The van der Waals surface area contributed by atoms with E-state index < -0.39 is 11.9 Å². The van der Waals surface area contributed by atoms with Gasteiger partial charge in [-0.15, -0.1) is 35.3 Å². The number of nitrogens with zero attached hydrogens (tertiary/aromatic N) is 3. The molecule has 2 heterocycles. The summed E-state index contributed by atoms with van der Waals surface area (Å²) in [4.78, 5) is 12.1. The molecule has 150 valence electrons. The van der Waals surface area contributed by atoms with Crippen molar-refractivity contribution in [3.05, 3.63) is 40.0 Å². The van der Waals surface area contributed by atoms with E-state index in [2.05, 4.69) is 25.6 Å². The van der Waals surface area contributed by atoms with Crippen molar-refractivity contribution in [2.75, 3.05) is 20.2 Å². The van der Waals surface area contributed by atoms with Gasteiger partial charge >= 0.3 is 6.18 Å². The summed E-state index contributed by atoms with van der Waals surface area (Å²) in [5.74, 6) is 1.09. The summed E-state index contributed by atoms with van der Waals surface area (Å²) in [5, 5.41) is 7.65. The molecule has 0 amide bonds. The lowest BCUT2D eigenvalue weighted by atomic mass is 10.3. The van der Waals surface area contributed by atoms with Crippen LogP contribution < -0.4 is 15.4 Å². The third kappa shape index (κ3) is 7.87. The maximum Gasteiger partial charge on any atom is 0.434 e. The Bertz CT molecular complexity index is 739. The molecule has 0 aromatic carbocycles. The highest BCUT2D eigenvalue weighted by molar-refractivity contribution is 14.0. The Morgan fingerprint density at radius 1 is 1.33 bits per heavy atom. The van der Waals surface area contributed by atoms with Crippen LogP contribution in [0.25, 0.3) is 0 Å². The second kappa shape index (κ2) is 11.3. The SMILES string of the molecule is CCNC(=NCc1ccnc(OC)c1)NCCc1nc(C(F)(F)F)cs1.I. The van der Waals surface area contributed by atoms with Gasteiger partial charge in [-0.05, 0) is 18.6 Å². The van der Waals surface area contributed by atoms with Crippen molar-refractivity contribution in [3.63, 3.8) is 0 Å². The van der Waals surface area contributed by atoms with Crippen LogP contribution in [0.1, 0.15) is 23.2 Å². The van der Waals surface area contributed by atoms with Gasteiger partial charge in [0.2, 0.25) is 5.88 Å². The number of hydrogen-bond acceptors (Lipinski definition) is 5. The summed E-state index contributed by atoms with van der Waals surface area (Å²) in [6.07, 6.45) is -2.37. The molecule has 0 spiro atoms. The first-order valence-electron chi connectivity index (χ1n) is 7.95. The van der Waals surface area contributed by atoms with E-state index >= 15 is 0 Å². The van der Waals surface area contributed by atoms with Crippen molar-refractivity contribution in [1.29, 1.82) is 0 Å². The minimum Gasteiger partial charge on any atom is -0.481 e. The van der Waals surface area contributed by atoms with Gasteiger partial charge in [0.05, 0.1) is 18.7 Å². The Kier molecular flexibility index (Phi) is 9.77. The van der Waals surface area contributed by atoms with Crippen molar-refractivity contribution in [2.45, 2.75) is 26.1 Å². The van der Waals surface area contributed by atoms with E-state index in [4.69, 9.17) is 4.74 Å². The molecule has 2 N–H and O–H groups in total. The van der Waals surface area contributed by atoms with Crippen LogP contribution in [0, 0.1) is 0 Å². The number of guanidine groups is 1. The molecular weight excluding hydrogens is 494 g/mol. The standard InChI is InChI=1S/C16H20F3N5OS.HI/c1-3-20-15(23-9-11-4-6-21-13(8-11)25-2)22-7-5-14-24-12(10-26-14)16(17,18)19;/h4,6,8,10H,3,5,7,9H2,1-2H3,(H2,20,22,23);1H. The van der Waals surface area contributed by atoms with Gasteiger partial charge in [0.15, 0.2) is 11.7 Å². The number of pyridine rings is 1. The van der Waals surface area contributed by atoms with Crippen molar-refractivity contribution >= 4 is 41.3 Å². The lowest BCUT2D eigenvalue weighted by molar-refractivity contribution is -0.140. The number of halogens is 4. The summed E-state index contributed by atoms with van der Waals surface area (Å²) in [6.45, 7) is 3.45. The molecule has 2 rings (SSSR count). The molecular formula is C16H21F3IN5OS. The Balaban J connectivity index is 0.00000364. The second-order valence-electron chi connectivity index (χ2n) is 5.20. The van der Waals surface area contributed by atoms with Crippen molar-refractivity contribution in [3.8, 4) is 5.88 Å². The molecule has 0 aliphatic carbocycles. The first-order chi connectivity index (χ1) is 12.4. The number of hydrogen-bond donors (Lipinski definition) is 2. The predicted molar refractivity (Wildman–Crippen MR) is 110 cm³/mol. The molecule has 0 aliphatic rings. The van der Waals surface area contributed by atoms with Gasteiger partial charge < -0.3 is 15.4 Å². The maximum atomic E-state index is 12.6. The third-order valence-electron chi connectivity index (χ3n) is 3.25. The van der Waals surface area contributed by atoms with Crippen LogP contribution in [0.3, 0.4) is 0 Å². The molecule has 6 nitrogen and oxygen atoms in total. The van der Waals surface area contributed by atoms with Crippen LogP contribution in [0.5, 0.6) is 5.88 Å². The van der Waals surface area contributed by atoms with Gasteiger partial charge in [0, 0.05) is 37.2 Å². The largest absolute Gasteiger partial charge is 0.481 e. The summed E-state index contributed by atoms with van der Waals surface area (Å²) < 4.78 is 42.7. The van der Waals surface area contributed by atoms with E-state index in [0.717, 1.165) is 22.3 Å². The molecule has 0 fully saturated rings. The lowest BCUT2D eigenvalue weighted by Crippen LogP contribution is -2.38. The minimum atomic E-state index is -4.40. The van der Waals surface area contributed by atoms with E-state index in [1.54, 1.807) is 19.4 Å². The summed E-state index contributed by atoms with van der Waals surface area (Å²) in [7, 11) is 1.55. The van der Waals surface area contributed by atoms with E-state index in [1.165, 1.54) is 0 Å². The maximum absolute atomic E-state index is 12.6. The van der Waals surface area contributed by atoms with E-state index in [-0.39, 0.29) is 24.0 Å². The van der Waals surface area contributed by atoms with Crippen LogP contribution in [0.4, 0.5) is 13.2 Å². The molecule has 0 bridgehead atoms. The fourth-order valence-electron chi connectivity index (χ4n) is 2.02. The number of thiazole rings is 1. The van der Waals surface area contributed by atoms with Gasteiger partial charge in [-0.2, -0.15) is 13.2 Å². The highest BCUT2D eigenvalue weighted by Gasteiger charge is 2.33. The van der Waals surface area contributed by atoms with Gasteiger partial charge in [-0.3, -0.25) is 0 Å². The van der Waals surface area contributed by atoms with Gasteiger partial charge in [-0.25, -0.2) is 15.0 Å². The van der Waals surface area contributed by atoms with Crippen molar-refractivity contribution in [2.24, 2.45) is 4.99 Å². The number of aliphatic imine (C=N–C) groups is 1. The molecule has 0 atom stereocenters. The molecule has 11 heteroatoms. The number of aromatic nitrogens is 2. The van der Waals surface area contributed by atoms with Crippen LogP contribution >= 0.6 is 35.3 Å². The lowest BCUT2D eigenvalue weighted by Gasteiger charge is -2.10. The number of alkyl halides is 3. The highest BCUT2D eigenvalue weighted by Crippen LogP contribution is 2.29. The van der Waals surface area contributed by atoms with E-state index in [9.17, 15) is 13.2 Å². The van der Waals surface area contributed by atoms with Crippen molar-refractivity contribution in [1.82, 2.24) is 20.6 Å². The number of ether oxygens (including phenoxy) is 1. The Morgan fingerprint density at radius 3 is 2.74 bits per heavy atom. The highest BCUT2D eigenvalue weighted by atomic mass is 127. The normalized spacial score (nSPS) is 11.7. The zero-order valence-electron chi connectivity index (χ0n) is 14.8. The smallest absolute Gasteiger partial charge is 0.434 e. The number of rotatable bonds is 7. The van der Waals surface area contributed by atoms with Crippen LogP contribution in [0.2, 0.25) is 0 Å². The average Bonchev–Trinajstić information content (AvgIpc) is 3.09. The van der Waals surface area contributed by atoms with Crippen LogP contribution in [-0.4, -0.2) is 36.1 Å². The van der Waals surface area contributed by atoms with Gasteiger partial charge in [-0.1, -0.05) is 0 Å². The molecule has 27 heavy (non-hydrogen) atoms. The Hall–Kier alpha value is -1.63. The fourth-order valence-corrected chi connectivity index (χ4v) is 2.82. The van der Waals surface area contributed by atoms with E-state index in [0.29, 0.717) is 42.9 Å². The monoisotopic (exact) mass is 515 g/mol. The number of nitrogens with one attached hydrogen (secondary N) is 2. The van der Waals surface area contributed by atoms with Crippen molar-refractivity contribution < 1.29 is 17.9 Å². The molecule has 2 aromatic heterocycles. The zero-order chi connectivity index (χ0) is 19.0. The summed E-state index contributed by atoms with van der Waals surface area (Å²) in [6, 6.07) is 3.63. The first kappa shape index (κ1) is 23.4. The quantitative estimate of drug-likeness (QED) is 0.336. The molecule has 0 saturated carbocycles. The molecule has 0 aliphatic heterocycles. The average molecular weight is 515 g/mol. The Morgan fingerprint density at radius 2 is 2.11 bits per heavy atom. The molecule has 0 unspecified atom stereocenters. The number of methoxy groups -OCH3 is 1. The first-order valence-corrected chi connectivity index (χ1v) is 8.83. The van der Waals surface area contributed by atoms with Crippen LogP contribution in [-0.2, 0) is 19.1 Å². The predicted octanol–water partition coefficient (Wildman–Crippen LogP) is 3.48. The van der Waals surface area contributed by atoms with Gasteiger partial charge in [0.25, 0.3) is 0 Å². The van der Waals surface area contributed by atoms with E-state index in [1.807, 2.05) is 13.0 Å². The zero-order valence-corrected chi connectivity index (χ0v) is 18.0. The van der Waals surface area contributed by atoms with Gasteiger partial charge in [0.1, 0.15) is 0 Å².